The number of aliphatic hydroxyl groups is 1. The van der Waals surface area contributed by atoms with Crippen LogP contribution in [0.4, 0.5) is 0 Å². The van der Waals surface area contributed by atoms with Gasteiger partial charge in [0.1, 0.15) is 0 Å². The van der Waals surface area contributed by atoms with Crippen LogP contribution in [0.3, 0.4) is 0 Å². The first-order valence-corrected chi connectivity index (χ1v) is 11.3. The van der Waals surface area contributed by atoms with Crippen LogP contribution < -0.4 is 0 Å². The van der Waals surface area contributed by atoms with Gasteiger partial charge in [0.05, 0.1) is 13.2 Å². The summed E-state index contributed by atoms with van der Waals surface area (Å²) in [5.74, 6) is 0.249. The van der Waals surface area contributed by atoms with Gasteiger partial charge in [0, 0.05) is 32.5 Å². The van der Waals surface area contributed by atoms with Crippen LogP contribution in [-0.2, 0) is 20.8 Å². The molecule has 168 valence electrons. The maximum Gasteiger partial charge on any atom is 0.245 e. The molecule has 0 spiro atoms. The molecule has 1 aliphatic heterocycles. The highest BCUT2D eigenvalue weighted by Gasteiger charge is 2.27. The summed E-state index contributed by atoms with van der Waals surface area (Å²) in [5.41, 5.74) is 1.15. The van der Waals surface area contributed by atoms with Crippen LogP contribution in [0.15, 0.2) is 30.3 Å². The van der Waals surface area contributed by atoms with E-state index in [-0.39, 0.29) is 24.0 Å². The van der Waals surface area contributed by atoms with Crippen LogP contribution in [0.2, 0.25) is 0 Å². The van der Waals surface area contributed by atoms with Crippen molar-refractivity contribution in [3.05, 3.63) is 35.9 Å². The number of benzene rings is 1. The van der Waals surface area contributed by atoms with Crippen molar-refractivity contribution in [3.63, 3.8) is 0 Å². The summed E-state index contributed by atoms with van der Waals surface area (Å²) in [7, 11) is 3.12. The van der Waals surface area contributed by atoms with Gasteiger partial charge in [-0.2, -0.15) is 0 Å². The first-order valence-electron chi connectivity index (χ1n) is 11.3. The van der Waals surface area contributed by atoms with Gasteiger partial charge in [-0.1, -0.05) is 43.2 Å². The quantitative estimate of drug-likeness (QED) is 0.391. The van der Waals surface area contributed by atoms with E-state index in [1.165, 1.54) is 12.2 Å². The zero-order valence-electron chi connectivity index (χ0n) is 18.6. The number of hydrogen-bond acceptors (Lipinski definition) is 4. The van der Waals surface area contributed by atoms with Crippen molar-refractivity contribution in [3.8, 4) is 0 Å². The Labute approximate surface area is 181 Å². The van der Waals surface area contributed by atoms with Crippen molar-refractivity contribution in [2.45, 2.75) is 82.8 Å². The summed E-state index contributed by atoms with van der Waals surface area (Å²) in [4.78, 5) is 31.1. The Balaban J connectivity index is 1.68. The molecular formula is C24H38N2O4. The predicted molar refractivity (Wildman–Crippen MR) is 118 cm³/mol. The van der Waals surface area contributed by atoms with Gasteiger partial charge in [0.15, 0.2) is 0 Å². The second kappa shape index (κ2) is 13.4. The van der Waals surface area contributed by atoms with Crippen molar-refractivity contribution >= 4 is 11.8 Å². The Bertz CT molecular complexity index is 637. The number of piperidine rings is 1. The third-order valence-corrected chi connectivity index (χ3v) is 6.00. The molecule has 1 heterocycles. The molecule has 1 fully saturated rings. The fraction of sp³-hybridized carbons (Fsp3) is 0.667. The molecule has 1 aliphatic rings. The number of carbonyl (C=O) groups excluding carboxylic acids is 2. The maximum atomic E-state index is 12.5. The Morgan fingerprint density at radius 3 is 2.70 bits per heavy atom. The van der Waals surface area contributed by atoms with E-state index >= 15 is 0 Å². The highest BCUT2D eigenvalue weighted by molar-refractivity contribution is 5.77. The summed E-state index contributed by atoms with van der Waals surface area (Å²) in [6.45, 7) is 0.782. The van der Waals surface area contributed by atoms with Gasteiger partial charge in [-0.15, -0.1) is 0 Å². The molecule has 1 aromatic rings. The fourth-order valence-corrected chi connectivity index (χ4v) is 4.14. The van der Waals surface area contributed by atoms with Gasteiger partial charge >= 0.3 is 0 Å². The number of hydrogen-bond donors (Lipinski definition) is 1. The van der Waals surface area contributed by atoms with E-state index in [4.69, 9.17) is 4.84 Å². The molecule has 0 aliphatic carbocycles. The summed E-state index contributed by atoms with van der Waals surface area (Å²) in [6, 6.07) is 10.3. The van der Waals surface area contributed by atoms with Gasteiger partial charge in [-0.05, 0) is 50.5 Å². The number of unbranched alkanes of at least 4 members (excludes halogenated alkanes) is 3. The monoisotopic (exact) mass is 418 g/mol. The zero-order chi connectivity index (χ0) is 21.8. The lowest BCUT2D eigenvalue weighted by Crippen LogP contribution is -2.44. The highest BCUT2D eigenvalue weighted by Crippen LogP contribution is 2.24. The highest BCUT2D eigenvalue weighted by atomic mass is 16.7. The minimum Gasteiger partial charge on any atom is -0.393 e. The number of carbonyl (C=O) groups is 2. The van der Waals surface area contributed by atoms with E-state index in [1.54, 1.807) is 7.05 Å². The number of hydroxylamine groups is 2. The maximum absolute atomic E-state index is 12.5. The van der Waals surface area contributed by atoms with Gasteiger partial charge in [-0.25, -0.2) is 5.06 Å². The summed E-state index contributed by atoms with van der Waals surface area (Å²) >= 11 is 0. The normalized spacial score (nSPS) is 17.8. The minimum absolute atomic E-state index is 0.00201. The second-order valence-corrected chi connectivity index (χ2v) is 8.29. The Kier molecular flexibility index (Phi) is 10.9. The summed E-state index contributed by atoms with van der Waals surface area (Å²) in [5, 5.41) is 11.7. The molecule has 2 atom stereocenters. The molecule has 0 aromatic heterocycles. The van der Waals surface area contributed by atoms with Crippen molar-refractivity contribution < 1.29 is 19.5 Å². The van der Waals surface area contributed by atoms with Crippen molar-refractivity contribution in [2.24, 2.45) is 0 Å². The summed E-state index contributed by atoms with van der Waals surface area (Å²) < 4.78 is 0. The molecule has 2 amide bonds. The van der Waals surface area contributed by atoms with Gasteiger partial charge in [0.2, 0.25) is 11.8 Å². The van der Waals surface area contributed by atoms with Crippen LogP contribution in [0.5, 0.6) is 0 Å². The molecule has 1 saturated heterocycles. The van der Waals surface area contributed by atoms with E-state index in [0.29, 0.717) is 19.3 Å². The molecule has 30 heavy (non-hydrogen) atoms. The molecule has 6 heteroatoms. The third kappa shape index (κ3) is 8.44. The molecule has 1 unspecified atom stereocenters. The van der Waals surface area contributed by atoms with E-state index in [9.17, 15) is 14.7 Å². The summed E-state index contributed by atoms with van der Waals surface area (Å²) in [6.07, 6.45) is 8.78. The predicted octanol–water partition coefficient (Wildman–Crippen LogP) is 3.72. The van der Waals surface area contributed by atoms with Crippen LogP contribution in [-0.4, -0.2) is 59.7 Å². The van der Waals surface area contributed by atoms with Crippen LogP contribution in [0, 0.1) is 0 Å². The number of amides is 2. The molecule has 6 nitrogen and oxygen atoms in total. The lowest BCUT2D eigenvalue weighted by molar-refractivity contribution is -0.168. The number of likely N-dealkylation sites (tertiary alicyclic amines) is 1. The van der Waals surface area contributed by atoms with Crippen LogP contribution >= 0.6 is 0 Å². The van der Waals surface area contributed by atoms with E-state index < -0.39 is 0 Å². The van der Waals surface area contributed by atoms with Gasteiger partial charge < -0.3 is 10.0 Å². The zero-order valence-corrected chi connectivity index (χ0v) is 18.6. The SMILES string of the molecule is CON(C)C(=O)CCCCCCN1C(=O)CCC[C@@H]1CCC(O)Cc1ccccc1. The lowest BCUT2D eigenvalue weighted by Gasteiger charge is -2.36. The smallest absolute Gasteiger partial charge is 0.245 e. The first-order chi connectivity index (χ1) is 14.5. The lowest BCUT2D eigenvalue weighted by atomic mass is 9.94. The Hall–Kier alpha value is -1.92. The van der Waals surface area contributed by atoms with Crippen molar-refractivity contribution in [2.75, 3.05) is 20.7 Å². The van der Waals surface area contributed by atoms with E-state index in [1.807, 2.05) is 35.2 Å². The van der Waals surface area contributed by atoms with Crippen LogP contribution in [0.25, 0.3) is 0 Å². The van der Waals surface area contributed by atoms with E-state index in [0.717, 1.165) is 63.5 Å². The number of aliphatic hydroxyl groups excluding tert-OH is 1. The average molecular weight is 419 g/mol. The molecule has 0 saturated carbocycles. The van der Waals surface area contributed by atoms with Gasteiger partial charge in [0.25, 0.3) is 0 Å². The minimum atomic E-state index is -0.367. The molecular weight excluding hydrogens is 380 g/mol. The third-order valence-electron chi connectivity index (χ3n) is 6.00. The topological polar surface area (TPSA) is 70.1 Å². The van der Waals surface area contributed by atoms with Crippen molar-refractivity contribution in [1.82, 2.24) is 9.96 Å². The second-order valence-electron chi connectivity index (χ2n) is 8.29. The molecule has 0 bridgehead atoms. The van der Waals surface area contributed by atoms with Crippen LogP contribution in [0.1, 0.15) is 69.8 Å². The van der Waals surface area contributed by atoms with E-state index in [2.05, 4.69) is 0 Å². The van der Waals surface area contributed by atoms with Gasteiger partial charge in [-0.3, -0.25) is 14.4 Å². The fourth-order valence-electron chi connectivity index (χ4n) is 4.14. The number of rotatable bonds is 13. The molecule has 2 rings (SSSR count). The average Bonchev–Trinajstić information content (AvgIpc) is 2.75. The number of nitrogens with zero attached hydrogens (tertiary/aromatic N) is 2. The Morgan fingerprint density at radius 1 is 1.23 bits per heavy atom. The first kappa shape index (κ1) is 24.4. The van der Waals surface area contributed by atoms with Crippen molar-refractivity contribution in [1.29, 1.82) is 0 Å². The Morgan fingerprint density at radius 2 is 1.97 bits per heavy atom. The standard InChI is InChI=1S/C24H38N2O4/c1-25(30-2)23(28)14-8-3-4-9-18-26-21(13-10-15-24(26)29)16-17-22(27)19-20-11-6-5-7-12-20/h5-7,11-12,21-22,27H,3-4,8-10,13-19H2,1-2H3/t21-,22?/m1/s1. The molecule has 1 N–H and O–H groups in total. The molecule has 1 aromatic carbocycles. The molecule has 0 radical (unpaired) electrons. The largest absolute Gasteiger partial charge is 0.393 e.